The van der Waals surface area contributed by atoms with Gasteiger partial charge in [0.2, 0.25) is 0 Å². The summed E-state index contributed by atoms with van der Waals surface area (Å²) in [4.78, 5) is 2.24. The highest BCUT2D eigenvalue weighted by atomic mass is 15.1. The van der Waals surface area contributed by atoms with Crippen molar-refractivity contribution in [3.8, 4) is 0 Å². The third-order valence-corrected chi connectivity index (χ3v) is 2.86. The standard InChI is InChI=1S/C11H16N2/c1-13(2)11-7-10(12)8-5-3-4-6-9(8)11/h3-6,10-11H,7,12H2,1-2H3. The van der Waals surface area contributed by atoms with Gasteiger partial charge >= 0.3 is 0 Å². The van der Waals surface area contributed by atoms with Crippen LogP contribution in [0.1, 0.15) is 29.6 Å². The molecule has 2 rings (SSSR count). The first-order chi connectivity index (χ1) is 6.20. The van der Waals surface area contributed by atoms with E-state index in [1.807, 2.05) is 0 Å². The summed E-state index contributed by atoms with van der Waals surface area (Å²) in [6.45, 7) is 0. The maximum atomic E-state index is 6.05. The van der Waals surface area contributed by atoms with E-state index >= 15 is 0 Å². The Labute approximate surface area is 79.4 Å². The van der Waals surface area contributed by atoms with Gasteiger partial charge in [-0.15, -0.1) is 0 Å². The molecule has 0 heterocycles. The van der Waals surface area contributed by atoms with Gasteiger partial charge in [-0.25, -0.2) is 0 Å². The molecule has 2 nitrogen and oxygen atoms in total. The number of nitrogens with zero attached hydrogens (tertiary/aromatic N) is 1. The topological polar surface area (TPSA) is 29.3 Å². The molecule has 0 aliphatic heterocycles. The van der Waals surface area contributed by atoms with E-state index in [1.54, 1.807) is 0 Å². The summed E-state index contributed by atoms with van der Waals surface area (Å²) in [6.07, 6.45) is 1.05. The summed E-state index contributed by atoms with van der Waals surface area (Å²) in [5.74, 6) is 0. The Hall–Kier alpha value is -0.860. The highest BCUT2D eigenvalue weighted by Gasteiger charge is 2.29. The second kappa shape index (κ2) is 3.13. The first kappa shape index (κ1) is 8.73. The summed E-state index contributed by atoms with van der Waals surface area (Å²) in [5.41, 5.74) is 8.77. The van der Waals surface area contributed by atoms with Crippen LogP contribution >= 0.6 is 0 Å². The highest BCUT2D eigenvalue weighted by Crippen LogP contribution is 2.39. The fraction of sp³-hybridized carbons (Fsp3) is 0.455. The van der Waals surface area contributed by atoms with Crippen LogP contribution in [0, 0.1) is 0 Å². The monoisotopic (exact) mass is 176 g/mol. The van der Waals surface area contributed by atoms with Crippen molar-refractivity contribution in [2.24, 2.45) is 5.73 Å². The number of rotatable bonds is 1. The Morgan fingerprint density at radius 2 is 1.85 bits per heavy atom. The molecule has 0 saturated carbocycles. The van der Waals surface area contributed by atoms with Crippen LogP contribution in [0.5, 0.6) is 0 Å². The predicted octanol–water partition coefficient (Wildman–Crippen LogP) is 1.69. The molecule has 0 saturated heterocycles. The van der Waals surface area contributed by atoms with Gasteiger partial charge in [-0.1, -0.05) is 24.3 Å². The average Bonchev–Trinajstić information content (AvgIpc) is 2.45. The smallest absolute Gasteiger partial charge is 0.0363 e. The molecule has 0 aromatic heterocycles. The predicted molar refractivity (Wildman–Crippen MR) is 54.4 cm³/mol. The minimum atomic E-state index is 0.226. The van der Waals surface area contributed by atoms with Crippen LogP contribution in [0.3, 0.4) is 0 Å². The van der Waals surface area contributed by atoms with Crippen molar-refractivity contribution in [1.29, 1.82) is 0 Å². The van der Waals surface area contributed by atoms with Gasteiger partial charge in [0, 0.05) is 12.1 Å². The van der Waals surface area contributed by atoms with Crippen molar-refractivity contribution in [2.45, 2.75) is 18.5 Å². The molecule has 0 spiro atoms. The Balaban J connectivity index is 2.41. The molecule has 0 amide bonds. The van der Waals surface area contributed by atoms with Gasteiger partial charge in [-0.05, 0) is 31.6 Å². The van der Waals surface area contributed by atoms with E-state index in [2.05, 4.69) is 43.3 Å². The Bertz CT molecular complexity index is 307. The van der Waals surface area contributed by atoms with Crippen molar-refractivity contribution in [3.63, 3.8) is 0 Å². The fourth-order valence-electron chi connectivity index (χ4n) is 2.14. The van der Waals surface area contributed by atoms with Crippen LogP contribution < -0.4 is 5.73 Å². The first-order valence-corrected chi connectivity index (χ1v) is 4.71. The minimum Gasteiger partial charge on any atom is -0.324 e. The number of hydrogen-bond acceptors (Lipinski definition) is 2. The molecule has 0 fully saturated rings. The molecule has 1 aliphatic carbocycles. The third kappa shape index (κ3) is 1.36. The summed E-state index contributed by atoms with van der Waals surface area (Å²) in [7, 11) is 4.22. The summed E-state index contributed by atoms with van der Waals surface area (Å²) in [5, 5.41) is 0. The molecule has 70 valence electrons. The van der Waals surface area contributed by atoms with E-state index < -0.39 is 0 Å². The molecule has 2 atom stereocenters. The first-order valence-electron chi connectivity index (χ1n) is 4.71. The number of hydrogen-bond donors (Lipinski definition) is 1. The van der Waals surface area contributed by atoms with Gasteiger partial charge < -0.3 is 10.6 Å². The number of nitrogens with two attached hydrogens (primary N) is 1. The van der Waals surface area contributed by atoms with Crippen LogP contribution in [0.25, 0.3) is 0 Å². The lowest BCUT2D eigenvalue weighted by Crippen LogP contribution is -2.18. The maximum absolute atomic E-state index is 6.05. The lowest BCUT2D eigenvalue weighted by molar-refractivity contribution is 0.289. The van der Waals surface area contributed by atoms with E-state index in [1.165, 1.54) is 11.1 Å². The fourth-order valence-corrected chi connectivity index (χ4v) is 2.14. The van der Waals surface area contributed by atoms with Gasteiger partial charge in [0.05, 0.1) is 0 Å². The van der Waals surface area contributed by atoms with E-state index in [9.17, 15) is 0 Å². The molecular weight excluding hydrogens is 160 g/mol. The van der Waals surface area contributed by atoms with E-state index in [0.29, 0.717) is 6.04 Å². The van der Waals surface area contributed by atoms with Crippen LogP contribution in [0.15, 0.2) is 24.3 Å². The summed E-state index contributed by atoms with van der Waals surface area (Å²) < 4.78 is 0. The van der Waals surface area contributed by atoms with Crippen LogP contribution in [-0.2, 0) is 0 Å². The molecule has 0 radical (unpaired) electrons. The quantitative estimate of drug-likeness (QED) is 0.705. The Morgan fingerprint density at radius 1 is 1.23 bits per heavy atom. The second-order valence-corrected chi connectivity index (χ2v) is 3.95. The minimum absolute atomic E-state index is 0.226. The molecule has 13 heavy (non-hydrogen) atoms. The van der Waals surface area contributed by atoms with Crippen LogP contribution in [0.2, 0.25) is 0 Å². The van der Waals surface area contributed by atoms with Crippen molar-refractivity contribution >= 4 is 0 Å². The van der Waals surface area contributed by atoms with E-state index in [4.69, 9.17) is 5.73 Å². The zero-order valence-corrected chi connectivity index (χ0v) is 8.20. The van der Waals surface area contributed by atoms with Gasteiger partial charge in [-0.2, -0.15) is 0 Å². The summed E-state index contributed by atoms with van der Waals surface area (Å²) in [6, 6.07) is 9.22. The lowest BCUT2D eigenvalue weighted by atomic mass is 10.1. The average molecular weight is 176 g/mol. The molecule has 1 aromatic carbocycles. The summed E-state index contributed by atoms with van der Waals surface area (Å²) >= 11 is 0. The number of fused-ring (bicyclic) bond motifs is 1. The van der Waals surface area contributed by atoms with Gasteiger partial charge in [0.1, 0.15) is 0 Å². The zero-order chi connectivity index (χ0) is 9.42. The molecule has 1 aromatic rings. The van der Waals surface area contributed by atoms with Gasteiger partial charge in [0.15, 0.2) is 0 Å². The van der Waals surface area contributed by atoms with Crippen molar-refractivity contribution in [3.05, 3.63) is 35.4 Å². The van der Waals surface area contributed by atoms with E-state index in [0.717, 1.165) is 6.42 Å². The second-order valence-electron chi connectivity index (χ2n) is 3.95. The molecule has 2 heteroatoms. The molecule has 0 bridgehead atoms. The molecule has 2 unspecified atom stereocenters. The SMILES string of the molecule is CN(C)C1CC(N)c2ccccc21. The Morgan fingerprint density at radius 3 is 2.46 bits per heavy atom. The number of benzene rings is 1. The normalized spacial score (nSPS) is 26.5. The lowest BCUT2D eigenvalue weighted by Gasteiger charge is -2.19. The van der Waals surface area contributed by atoms with Crippen LogP contribution in [-0.4, -0.2) is 19.0 Å². The van der Waals surface area contributed by atoms with E-state index in [-0.39, 0.29) is 6.04 Å². The molecular formula is C11H16N2. The van der Waals surface area contributed by atoms with Crippen molar-refractivity contribution in [2.75, 3.05) is 14.1 Å². The van der Waals surface area contributed by atoms with Gasteiger partial charge in [0.25, 0.3) is 0 Å². The maximum Gasteiger partial charge on any atom is 0.0363 e. The molecule has 2 N–H and O–H groups in total. The highest BCUT2D eigenvalue weighted by molar-refractivity contribution is 5.37. The third-order valence-electron chi connectivity index (χ3n) is 2.86. The van der Waals surface area contributed by atoms with Crippen molar-refractivity contribution < 1.29 is 0 Å². The Kier molecular flexibility index (Phi) is 2.10. The van der Waals surface area contributed by atoms with Crippen molar-refractivity contribution in [1.82, 2.24) is 4.90 Å². The molecule has 1 aliphatic rings. The largest absolute Gasteiger partial charge is 0.324 e. The van der Waals surface area contributed by atoms with Crippen LogP contribution in [0.4, 0.5) is 0 Å². The van der Waals surface area contributed by atoms with Gasteiger partial charge in [-0.3, -0.25) is 0 Å². The zero-order valence-electron chi connectivity index (χ0n) is 8.20.